The third-order valence-electron chi connectivity index (χ3n) is 2.32. The number of hydrogen-bond acceptors (Lipinski definition) is 2. The Balaban J connectivity index is 2.02. The van der Waals surface area contributed by atoms with Crippen LogP contribution in [0.4, 0.5) is 0 Å². The van der Waals surface area contributed by atoms with E-state index in [9.17, 15) is 5.11 Å². The van der Waals surface area contributed by atoms with E-state index in [1.165, 1.54) is 19.3 Å². The molecule has 1 atom stereocenters. The molecule has 1 aromatic carbocycles. The van der Waals surface area contributed by atoms with Crippen LogP contribution in [-0.2, 0) is 0 Å². The van der Waals surface area contributed by atoms with Crippen molar-refractivity contribution in [3.05, 3.63) is 36.4 Å². The van der Waals surface area contributed by atoms with Gasteiger partial charge in [-0.25, -0.2) is 0 Å². The second-order valence-corrected chi connectivity index (χ2v) is 4.83. The number of rotatable bonds is 2. The molecule has 0 bridgehead atoms. The van der Waals surface area contributed by atoms with Gasteiger partial charge in [-0.05, 0) is 37.5 Å². The first-order valence-corrected chi connectivity index (χ1v) is 5.85. The summed E-state index contributed by atoms with van der Waals surface area (Å²) in [4.78, 5) is 1.15. The highest BCUT2D eigenvalue weighted by Gasteiger charge is 2.09. The zero-order valence-electron chi connectivity index (χ0n) is 8.02. The Kier molecular flexibility index (Phi) is 3.14. The highest BCUT2D eigenvalue weighted by atomic mass is 32.2. The van der Waals surface area contributed by atoms with Gasteiger partial charge >= 0.3 is 0 Å². The Bertz CT molecular complexity index is 333. The molecular weight excluding hydrogens is 192 g/mol. The van der Waals surface area contributed by atoms with Gasteiger partial charge in [0.2, 0.25) is 0 Å². The van der Waals surface area contributed by atoms with E-state index in [2.05, 4.69) is 12.2 Å². The van der Waals surface area contributed by atoms with Crippen molar-refractivity contribution in [1.82, 2.24) is 0 Å². The minimum atomic E-state index is 0.356. The van der Waals surface area contributed by atoms with E-state index in [1.807, 2.05) is 30.0 Å². The van der Waals surface area contributed by atoms with Gasteiger partial charge in [0.25, 0.3) is 0 Å². The van der Waals surface area contributed by atoms with Crippen LogP contribution in [0.3, 0.4) is 0 Å². The summed E-state index contributed by atoms with van der Waals surface area (Å²) < 4.78 is 0. The zero-order valence-corrected chi connectivity index (χ0v) is 8.83. The summed E-state index contributed by atoms with van der Waals surface area (Å²) in [7, 11) is 0. The van der Waals surface area contributed by atoms with Gasteiger partial charge in [0.15, 0.2) is 0 Å². The van der Waals surface area contributed by atoms with Gasteiger partial charge in [-0.3, -0.25) is 0 Å². The Morgan fingerprint density at radius 3 is 3.00 bits per heavy atom. The lowest BCUT2D eigenvalue weighted by Crippen LogP contribution is -2.01. The van der Waals surface area contributed by atoms with Crippen molar-refractivity contribution >= 4 is 11.8 Å². The normalized spacial score (nSPS) is 21.0. The Labute approximate surface area is 88.8 Å². The number of phenols is 1. The maximum Gasteiger partial charge on any atom is 0.116 e. The average Bonchev–Trinajstić information content (AvgIpc) is 2.19. The van der Waals surface area contributed by atoms with Crippen LogP contribution in [-0.4, -0.2) is 10.4 Å². The quantitative estimate of drug-likeness (QED) is 0.746. The van der Waals surface area contributed by atoms with E-state index in [0.29, 0.717) is 11.0 Å². The van der Waals surface area contributed by atoms with Gasteiger partial charge in [-0.2, -0.15) is 0 Å². The van der Waals surface area contributed by atoms with E-state index < -0.39 is 0 Å². The molecule has 0 saturated carbocycles. The van der Waals surface area contributed by atoms with Crippen LogP contribution in [0.5, 0.6) is 5.75 Å². The summed E-state index contributed by atoms with van der Waals surface area (Å²) in [5.41, 5.74) is 0. The van der Waals surface area contributed by atoms with Crippen molar-refractivity contribution in [2.75, 3.05) is 0 Å². The van der Waals surface area contributed by atoms with Crippen molar-refractivity contribution in [2.45, 2.75) is 29.4 Å². The molecule has 1 nitrogen and oxygen atoms in total. The molecule has 0 spiro atoms. The number of benzene rings is 1. The number of thioether (sulfide) groups is 1. The molecule has 0 fully saturated rings. The number of hydrogen-bond donors (Lipinski definition) is 1. The fourth-order valence-corrected chi connectivity index (χ4v) is 2.78. The molecule has 0 saturated heterocycles. The number of allylic oxidation sites excluding steroid dienone is 1. The summed E-state index contributed by atoms with van der Waals surface area (Å²) in [5.74, 6) is 0.356. The number of aromatic hydroxyl groups is 1. The van der Waals surface area contributed by atoms with Crippen LogP contribution in [0.25, 0.3) is 0 Å². The van der Waals surface area contributed by atoms with Gasteiger partial charge in [-0.1, -0.05) is 18.2 Å². The molecule has 1 aromatic rings. The van der Waals surface area contributed by atoms with Gasteiger partial charge < -0.3 is 5.11 Å². The summed E-state index contributed by atoms with van der Waals surface area (Å²) >= 11 is 1.83. The third kappa shape index (κ3) is 2.55. The van der Waals surface area contributed by atoms with Crippen LogP contribution in [0.15, 0.2) is 41.3 Å². The molecule has 0 aromatic heterocycles. The molecule has 0 heterocycles. The highest BCUT2D eigenvalue weighted by molar-refractivity contribution is 8.00. The standard InChI is InChI=1S/C12H14OS/c13-10-5-4-8-12(9-10)14-11-6-2-1-3-7-11/h2,4-6,8-9,11,13H,1,3,7H2. The van der Waals surface area contributed by atoms with Crippen molar-refractivity contribution in [2.24, 2.45) is 0 Å². The fourth-order valence-electron chi connectivity index (χ4n) is 1.61. The molecule has 2 heteroatoms. The van der Waals surface area contributed by atoms with Gasteiger partial charge in [0.1, 0.15) is 5.75 Å². The third-order valence-corrected chi connectivity index (χ3v) is 3.54. The van der Waals surface area contributed by atoms with Gasteiger partial charge in [0.05, 0.1) is 0 Å². The Morgan fingerprint density at radius 2 is 2.29 bits per heavy atom. The van der Waals surface area contributed by atoms with E-state index >= 15 is 0 Å². The average molecular weight is 206 g/mol. The summed E-state index contributed by atoms with van der Waals surface area (Å²) in [5, 5.41) is 9.90. The molecule has 2 rings (SSSR count). The lowest BCUT2D eigenvalue weighted by molar-refractivity contribution is 0.474. The minimum Gasteiger partial charge on any atom is -0.508 e. The van der Waals surface area contributed by atoms with Crippen LogP contribution in [0, 0.1) is 0 Å². The first-order chi connectivity index (χ1) is 6.84. The maximum atomic E-state index is 9.31. The van der Waals surface area contributed by atoms with Crippen molar-refractivity contribution in [3.8, 4) is 5.75 Å². The highest BCUT2D eigenvalue weighted by Crippen LogP contribution is 2.31. The molecule has 0 aliphatic heterocycles. The molecule has 1 N–H and O–H groups in total. The first kappa shape index (κ1) is 9.66. The Morgan fingerprint density at radius 1 is 1.36 bits per heavy atom. The lowest BCUT2D eigenvalue weighted by atomic mass is 10.1. The van der Waals surface area contributed by atoms with Crippen molar-refractivity contribution < 1.29 is 5.11 Å². The van der Waals surface area contributed by atoms with E-state index in [-0.39, 0.29) is 0 Å². The molecule has 1 aliphatic rings. The fraction of sp³-hybridized carbons (Fsp3) is 0.333. The minimum absolute atomic E-state index is 0.356. The van der Waals surface area contributed by atoms with E-state index in [1.54, 1.807) is 6.07 Å². The van der Waals surface area contributed by atoms with Crippen LogP contribution in [0.1, 0.15) is 19.3 Å². The first-order valence-electron chi connectivity index (χ1n) is 4.97. The Hall–Kier alpha value is -0.890. The van der Waals surface area contributed by atoms with Crippen molar-refractivity contribution in [1.29, 1.82) is 0 Å². The zero-order chi connectivity index (χ0) is 9.80. The second-order valence-electron chi connectivity index (χ2n) is 3.51. The summed E-state index contributed by atoms with van der Waals surface area (Å²) in [6, 6.07) is 7.48. The topological polar surface area (TPSA) is 20.2 Å². The van der Waals surface area contributed by atoms with Gasteiger partial charge in [0, 0.05) is 10.1 Å². The summed E-state index contributed by atoms with van der Waals surface area (Å²) in [6.45, 7) is 0. The van der Waals surface area contributed by atoms with E-state index in [4.69, 9.17) is 0 Å². The predicted molar refractivity (Wildman–Crippen MR) is 60.7 cm³/mol. The van der Waals surface area contributed by atoms with E-state index in [0.717, 1.165) is 4.90 Å². The van der Waals surface area contributed by atoms with Crippen LogP contribution < -0.4 is 0 Å². The summed E-state index contributed by atoms with van der Waals surface area (Å²) in [6.07, 6.45) is 8.28. The van der Waals surface area contributed by atoms with Crippen molar-refractivity contribution in [3.63, 3.8) is 0 Å². The lowest BCUT2D eigenvalue weighted by Gasteiger charge is -2.15. The maximum absolute atomic E-state index is 9.31. The predicted octanol–water partition coefficient (Wildman–Crippen LogP) is 3.59. The molecule has 1 unspecified atom stereocenters. The largest absolute Gasteiger partial charge is 0.508 e. The molecular formula is C12H14OS. The monoisotopic (exact) mass is 206 g/mol. The second kappa shape index (κ2) is 4.56. The van der Waals surface area contributed by atoms with Crippen LogP contribution >= 0.6 is 11.8 Å². The van der Waals surface area contributed by atoms with Crippen LogP contribution in [0.2, 0.25) is 0 Å². The SMILES string of the molecule is Oc1cccc(SC2C=CCCC2)c1. The molecule has 0 radical (unpaired) electrons. The molecule has 1 aliphatic carbocycles. The molecule has 74 valence electrons. The smallest absolute Gasteiger partial charge is 0.116 e. The molecule has 14 heavy (non-hydrogen) atoms. The van der Waals surface area contributed by atoms with Gasteiger partial charge in [-0.15, -0.1) is 11.8 Å². The number of phenolic OH excluding ortho intramolecular Hbond substituents is 1. The molecule has 0 amide bonds.